The second-order valence-electron chi connectivity index (χ2n) is 9.82. The molecule has 0 radical (unpaired) electrons. The van der Waals surface area contributed by atoms with Gasteiger partial charge in [0.15, 0.2) is 0 Å². The Labute approximate surface area is 220 Å². The first-order chi connectivity index (χ1) is 18.2. The summed E-state index contributed by atoms with van der Waals surface area (Å²) in [6.07, 6.45) is 0. The monoisotopic (exact) mass is 474 g/mol. The van der Waals surface area contributed by atoms with Gasteiger partial charge in [-0.3, -0.25) is 0 Å². The van der Waals surface area contributed by atoms with Gasteiger partial charge >= 0.3 is 0 Å². The SMILES string of the molecule is Cc1ccccc1-c1ccc(C2(c3ccccc3)c3ccccc3-c3c(C)cccccccc32)cc1. The lowest BCUT2D eigenvalue weighted by Gasteiger charge is -2.34. The van der Waals surface area contributed by atoms with Gasteiger partial charge in [0.25, 0.3) is 0 Å². The molecule has 0 N–H and O–H groups in total. The van der Waals surface area contributed by atoms with Crippen LogP contribution in [-0.2, 0) is 5.41 Å². The summed E-state index contributed by atoms with van der Waals surface area (Å²) in [6, 6.07) is 53.0. The molecule has 1 unspecified atom stereocenters. The molecule has 0 saturated carbocycles. The highest BCUT2D eigenvalue weighted by atomic mass is 14.5. The fourth-order valence-corrected chi connectivity index (χ4v) is 6.04. The molecule has 0 heteroatoms. The number of fused-ring (bicyclic) bond motifs is 3. The summed E-state index contributed by atoms with van der Waals surface area (Å²) in [5.41, 5.74) is 12.5. The topological polar surface area (TPSA) is 0 Å². The van der Waals surface area contributed by atoms with Crippen LogP contribution < -0.4 is 0 Å². The summed E-state index contributed by atoms with van der Waals surface area (Å²) < 4.78 is 0. The van der Waals surface area contributed by atoms with Crippen molar-refractivity contribution in [3.05, 3.63) is 179 Å². The average Bonchev–Trinajstić information content (AvgIpc) is 3.24. The summed E-state index contributed by atoms with van der Waals surface area (Å²) >= 11 is 0. The standard InChI is InChI=1S/C37H30/c1-27-15-11-12-19-32(27)29-23-25-31(26-24-29)37(30-17-8-6-9-18-30)34-21-14-13-20-33(34)36-28(2)16-7-4-3-5-10-22-35(36)37/h3-26H,1-2H3. The smallest absolute Gasteiger partial charge is 0.0623 e. The fourth-order valence-electron chi connectivity index (χ4n) is 6.04. The van der Waals surface area contributed by atoms with E-state index >= 15 is 0 Å². The van der Waals surface area contributed by atoms with Crippen LogP contribution in [0.5, 0.6) is 0 Å². The molecule has 1 atom stereocenters. The van der Waals surface area contributed by atoms with Crippen molar-refractivity contribution >= 4 is 0 Å². The van der Waals surface area contributed by atoms with Crippen molar-refractivity contribution in [3.8, 4) is 22.3 Å². The Kier molecular flexibility index (Phi) is 5.94. The highest BCUT2D eigenvalue weighted by molar-refractivity contribution is 5.87. The van der Waals surface area contributed by atoms with Gasteiger partial charge in [-0.15, -0.1) is 0 Å². The molecular formula is C37H30. The molecule has 0 heterocycles. The molecular weight excluding hydrogens is 444 g/mol. The highest BCUT2D eigenvalue weighted by Crippen LogP contribution is 2.56. The molecule has 0 saturated heterocycles. The third-order valence-electron chi connectivity index (χ3n) is 7.70. The van der Waals surface area contributed by atoms with Gasteiger partial charge in [0, 0.05) is 0 Å². The zero-order valence-electron chi connectivity index (χ0n) is 21.4. The van der Waals surface area contributed by atoms with Crippen LogP contribution in [0.15, 0.2) is 146 Å². The minimum absolute atomic E-state index is 0.417. The van der Waals surface area contributed by atoms with Crippen molar-refractivity contribution in [1.29, 1.82) is 0 Å². The third kappa shape index (κ3) is 3.77. The first-order valence-corrected chi connectivity index (χ1v) is 13.0. The van der Waals surface area contributed by atoms with E-state index in [2.05, 4.69) is 159 Å². The van der Waals surface area contributed by atoms with E-state index in [0.29, 0.717) is 0 Å². The van der Waals surface area contributed by atoms with Crippen LogP contribution in [0.4, 0.5) is 0 Å². The van der Waals surface area contributed by atoms with E-state index in [9.17, 15) is 0 Å². The van der Waals surface area contributed by atoms with Gasteiger partial charge in [0.2, 0.25) is 0 Å². The Morgan fingerprint density at radius 3 is 1.62 bits per heavy atom. The minimum atomic E-state index is -0.417. The minimum Gasteiger partial charge on any atom is -0.0623 e. The summed E-state index contributed by atoms with van der Waals surface area (Å²) in [5.74, 6) is 0. The third-order valence-corrected chi connectivity index (χ3v) is 7.70. The van der Waals surface area contributed by atoms with Crippen LogP contribution in [0, 0.1) is 13.8 Å². The molecule has 0 nitrogen and oxygen atoms in total. The van der Waals surface area contributed by atoms with Crippen LogP contribution in [0.25, 0.3) is 22.3 Å². The molecule has 0 aliphatic heterocycles. The zero-order valence-corrected chi connectivity index (χ0v) is 21.4. The Morgan fingerprint density at radius 1 is 0.378 bits per heavy atom. The predicted octanol–water partition coefficient (Wildman–Crippen LogP) is 9.46. The predicted molar refractivity (Wildman–Crippen MR) is 156 cm³/mol. The maximum Gasteiger partial charge on any atom is 0.0713 e. The molecule has 1 aliphatic rings. The van der Waals surface area contributed by atoms with Crippen LogP contribution in [-0.4, -0.2) is 0 Å². The molecule has 0 amide bonds. The van der Waals surface area contributed by atoms with E-state index in [4.69, 9.17) is 0 Å². The van der Waals surface area contributed by atoms with Crippen molar-refractivity contribution in [2.45, 2.75) is 19.3 Å². The lowest BCUT2D eigenvalue weighted by atomic mass is 9.67. The van der Waals surface area contributed by atoms with E-state index in [0.717, 1.165) is 0 Å². The Bertz CT molecular complexity index is 1630. The zero-order chi connectivity index (χ0) is 25.2. The molecule has 5 aromatic carbocycles. The average molecular weight is 475 g/mol. The molecule has 0 fully saturated rings. The van der Waals surface area contributed by atoms with Crippen LogP contribution in [0.3, 0.4) is 0 Å². The first-order valence-electron chi connectivity index (χ1n) is 13.0. The Hall–Kier alpha value is -4.42. The first kappa shape index (κ1) is 23.0. The second-order valence-corrected chi connectivity index (χ2v) is 9.82. The molecule has 0 bridgehead atoms. The maximum absolute atomic E-state index is 2.34. The fraction of sp³-hybridized carbons (Fsp3) is 0.0811. The van der Waals surface area contributed by atoms with Crippen molar-refractivity contribution in [3.63, 3.8) is 0 Å². The number of benzene rings is 4. The highest BCUT2D eigenvalue weighted by Gasteiger charge is 2.45. The molecule has 6 rings (SSSR count). The van der Waals surface area contributed by atoms with E-state index < -0.39 is 5.41 Å². The van der Waals surface area contributed by atoms with E-state index in [1.54, 1.807) is 0 Å². The number of aryl methyl sites for hydroxylation is 2. The van der Waals surface area contributed by atoms with Gasteiger partial charge in [-0.1, -0.05) is 146 Å². The van der Waals surface area contributed by atoms with Crippen molar-refractivity contribution in [2.24, 2.45) is 0 Å². The van der Waals surface area contributed by atoms with Crippen LogP contribution >= 0.6 is 0 Å². The maximum atomic E-state index is 2.34. The largest absolute Gasteiger partial charge is 0.0713 e. The summed E-state index contributed by atoms with van der Waals surface area (Å²) in [6.45, 7) is 4.42. The van der Waals surface area contributed by atoms with Crippen LogP contribution in [0.2, 0.25) is 0 Å². The molecule has 0 aromatic heterocycles. The lowest BCUT2D eigenvalue weighted by Crippen LogP contribution is -2.28. The number of hydrogen-bond acceptors (Lipinski definition) is 0. The molecule has 178 valence electrons. The molecule has 37 heavy (non-hydrogen) atoms. The Morgan fingerprint density at radius 2 is 0.865 bits per heavy atom. The Balaban J connectivity index is 1.72. The van der Waals surface area contributed by atoms with Crippen molar-refractivity contribution < 1.29 is 0 Å². The van der Waals surface area contributed by atoms with Crippen molar-refractivity contribution in [2.75, 3.05) is 0 Å². The van der Waals surface area contributed by atoms with Gasteiger partial charge in [0.05, 0.1) is 5.41 Å². The molecule has 5 aromatic rings. The van der Waals surface area contributed by atoms with E-state index in [1.165, 1.54) is 55.6 Å². The summed E-state index contributed by atoms with van der Waals surface area (Å²) in [5, 5.41) is 0. The quantitative estimate of drug-likeness (QED) is 0.240. The van der Waals surface area contributed by atoms with Gasteiger partial charge in [0.1, 0.15) is 0 Å². The summed E-state index contributed by atoms with van der Waals surface area (Å²) in [7, 11) is 0. The normalized spacial score (nSPS) is 15.4. The van der Waals surface area contributed by atoms with Crippen molar-refractivity contribution in [1.82, 2.24) is 0 Å². The molecule has 0 spiro atoms. The second kappa shape index (κ2) is 9.56. The molecule has 1 aliphatic carbocycles. The number of hydrogen-bond donors (Lipinski definition) is 0. The number of rotatable bonds is 3. The van der Waals surface area contributed by atoms with E-state index in [1.807, 2.05) is 0 Å². The van der Waals surface area contributed by atoms with Gasteiger partial charge in [-0.2, -0.15) is 0 Å². The van der Waals surface area contributed by atoms with Gasteiger partial charge in [-0.05, 0) is 69.5 Å². The van der Waals surface area contributed by atoms with Crippen LogP contribution in [0.1, 0.15) is 33.4 Å². The summed E-state index contributed by atoms with van der Waals surface area (Å²) in [4.78, 5) is 0. The van der Waals surface area contributed by atoms with Gasteiger partial charge < -0.3 is 0 Å². The van der Waals surface area contributed by atoms with E-state index in [-0.39, 0.29) is 0 Å². The lowest BCUT2D eigenvalue weighted by molar-refractivity contribution is 0.769. The van der Waals surface area contributed by atoms with Gasteiger partial charge in [-0.25, -0.2) is 0 Å².